The maximum Gasteiger partial charge on any atom is 0.379 e. The Morgan fingerprint density at radius 2 is 2.00 bits per heavy atom. The number of alkyl halides is 2. The number of benzene rings is 1. The molecular formula is C15H16F2N2O3. The number of fused-ring (bicyclic) bond motifs is 1. The number of ether oxygens (including phenoxy) is 1. The highest BCUT2D eigenvalue weighted by Crippen LogP contribution is 2.35. The number of nitrogens with zero attached hydrogens (tertiary/aromatic N) is 1. The van der Waals surface area contributed by atoms with Gasteiger partial charge in [0, 0.05) is 24.1 Å². The van der Waals surface area contributed by atoms with Crippen LogP contribution in [0.25, 0.3) is 10.9 Å². The van der Waals surface area contributed by atoms with E-state index in [0.29, 0.717) is 10.9 Å². The van der Waals surface area contributed by atoms with Crippen LogP contribution in [-0.2, 0) is 9.53 Å². The molecule has 0 saturated carbocycles. The van der Waals surface area contributed by atoms with E-state index in [1.54, 1.807) is 24.3 Å². The van der Waals surface area contributed by atoms with Crippen molar-refractivity contribution in [3.63, 3.8) is 0 Å². The molecule has 2 aromatic rings. The summed E-state index contributed by atoms with van der Waals surface area (Å²) in [5.74, 6) is -5.90. The fraction of sp³-hybridized carbons (Fsp3) is 0.333. The Hall–Kier alpha value is -2.28. The maximum atomic E-state index is 14.1. The molecule has 22 heavy (non-hydrogen) atoms. The van der Waals surface area contributed by atoms with Gasteiger partial charge in [0.25, 0.3) is 0 Å². The molecule has 7 heteroatoms. The van der Waals surface area contributed by atoms with Crippen molar-refractivity contribution < 1.29 is 23.1 Å². The van der Waals surface area contributed by atoms with E-state index in [4.69, 9.17) is 5.73 Å². The average molecular weight is 310 g/mol. The number of aromatic nitrogens is 1. The monoisotopic (exact) mass is 310 g/mol. The van der Waals surface area contributed by atoms with Crippen LogP contribution in [0.15, 0.2) is 30.5 Å². The molecule has 1 heterocycles. The molecule has 0 aliphatic heterocycles. The number of hydrogen-bond donors (Lipinski definition) is 1. The van der Waals surface area contributed by atoms with E-state index in [9.17, 15) is 18.4 Å². The summed E-state index contributed by atoms with van der Waals surface area (Å²) in [6.07, 6.45) is 1.24. The lowest BCUT2D eigenvalue weighted by atomic mass is 10.0. The zero-order valence-electron chi connectivity index (χ0n) is 12.2. The van der Waals surface area contributed by atoms with E-state index in [1.165, 1.54) is 24.6 Å². The van der Waals surface area contributed by atoms with Crippen molar-refractivity contribution >= 4 is 22.8 Å². The lowest BCUT2D eigenvalue weighted by Crippen LogP contribution is -2.41. The molecule has 0 radical (unpaired) electrons. The normalized spacial score (nSPS) is 13.1. The molecule has 1 aromatic heterocycles. The van der Waals surface area contributed by atoms with Crippen LogP contribution in [0.2, 0.25) is 0 Å². The molecule has 5 nitrogen and oxygen atoms in total. The van der Waals surface area contributed by atoms with Gasteiger partial charge in [-0.1, -0.05) is 18.2 Å². The second kappa shape index (κ2) is 5.84. The fourth-order valence-corrected chi connectivity index (χ4v) is 2.26. The average Bonchev–Trinajstić information content (AvgIpc) is 2.86. The number of carbonyl (C=O) groups excluding carboxylic acids is 2. The van der Waals surface area contributed by atoms with Crippen LogP contribution >= 0.6 is 0 Å². The third-order valence-electron chi connectivity index (χ3n) is 3.36. The SMILES string of the molecule is CCOC(=O)C(F)(F)[C@@H](N)c1cn(C(C)=O)c2ccccc12. The summed E-state index contributed by atoms with van der Waals surface area (Å²) in [6, 6.07) is 4.62. The molecule has 0 bridgehead atoms. The maximum absolute atomic E-state index is 14.1. The highest BCUT2D eigenvalue weighted by Gasteiger charge is 2.48. The first-order chi connectivity index (χ1) is 10.3. The van der Waals surface area contributed by atoms with Crippen LogP contribution < -0.4 is 5.73 Å². The van der Waals surface area contributed by atoms with Crippen LogP contribution in [-0.4, -0.2) is 29.0 Å². The van der Waals surface area contributed by atoms with Gasteiger partial charge in [-0.05, 0) is 13.0 Å². The van der Waals surface area contributed by atoms with Gasteiger partial charge in [-0.2, -0.15) is 8.78 Å². The van der Waals surface area contributed by atoms with E-state index in [2.05, 4.69) is 4.74 Å². The number of carbonyl (C=O) groups is 2. The highest BCUT2D eigenvalue weighted by molar-refractivity contribution is 5.94. The minimum atomic E-state index is -3.89. The van der Waals surface area contributed by atoms with Gasteiger partial charge in [0.05, 0.1) is 12.1 Å². The fourth-order valence-electron chi connectivity index (χ4n) is 2.26. The molecule has 0 saturated heterocycles. The zero-order chi connectivity index (χ0) is 16.5. The van der Waals surface area contributed by atoms with E-state index in [1.807, 2.05) is 0 Å². The molecule has 0 unspecified atom stereocenters. The summed E-state index contributed by atoms with van der Waals surface area (Å²) >= 11 is 0. The molecule has 0 aliphatic rings. The lowest BCUT2D eigenvalue weighted by molar-refractivity contribution is -0.174. The molecular weight excluding hydrogens is 294 g/mol. The summed E-state index contributed by atoms with van der Waals surface area (Å²) in [5.41, 5.74) is 6.08. The molecule has 2 rings (SSSR count). The summed E-state index contributed by atoms with van der Waals surface area (Å²) < 4.78 is 33.9. The van der Waals surface area contributed by atoms with Gasteiger partial charge in [-0.25, -0.2) is 4.79 Å². The van der Waals surface area contributed by atoms with Gasteiger partial charge in [-0.3, -0.25) is 9.36 Å². The van der Waals surface area contributed by atoms with Gasteiger partial charge in [-0.15, -0.1) is 0 Å². The first-order valence-corrected chi connectivity index (χ1v) is 6.72. The minimum Gasteiger partial charge on any atom is -0.462 e. The number of hydrogen-bond acceptors (Lipinski definition) is 4. The van der Waals surface area contributed by atoms with Gasteiger partial charge in [0.1, 0.15) is 6.04 Å². The number of para-hydroxylation sites is 1. The Bertz CT molecular complexity index is 725. The minimum absolute atomic E-state index is 0.0175. The number of rotatable bonds is 4. The van der Waals surface area contributed by atoms with Crippen molar-refractivity contribution in [3.8, 4) is 0 Å². The number of esters is 1. The van der Waals surface area contributed by atoms with Crippen LogP contribution in [0, 0.1) is 0 Å². The molecule has 0 spiro atoms. The Balaban J connectivity index is 2.55. The van der Waals surface area contributed by atoms with Gasteiger partial charge < -0.3 is 10.5 Å². The molecule has 1 aromatic carbocycles. The molecule has 2 N–H and O–H groups in total. The second-order valence-corrected chi connectivity index (χ2v) is 4.81. The lowest BCUT2D eigenvalue weighted by Gasteiger charge is -2.21. The first-order valence-electron chi connectivity index (χ1n) is 6.72. The van der Waals surface area contributed by atoms with Crippen molar-refractivity contribution in [2.24, 2.45) is 5.73 Å². The highest BCUT2D eigenvalue weighted by atomic mass is 19.3. The standard InChI is InChI=1S/C15H16F2N2O3/c1-3-22-14(21)15(16,17)13(18)11-8-19(9(2)20)12-7-5-4-6-10(11)12/h4-8,13H,3,18H2,1-2H3/t13-/m0/s1. The van der Waals surface area contributed by atoms with Crippen LogP contribution in [0.4, 0.5) is 8.78 Å². The van der Waals surface area contributed by atoms with Crippen molar-refractivity contribution in [3.05, 3.63) is 36.0 Å². The number of halogens is 2. The van der Waals surface area contributed by atoms with Gasteiger partial charge in [0.15, 0.2) is 0 Å². The van der Waals surface area contributed by atoms with E-state index < -0.39 is 17.9 Å². The third-order valence-corrected chi connectivity index (χ3v) is 3.36. The van der Waals surface area contributed by atoms with Crippen molar-refractivity contribution in [2.75, 3.05) is 6.61 Å². The Morgan fingerprint density at radius 3 is 2.59 bits per heavy atom. The summed E-state index contributed by atoms with van der Waals surface area (Å²) in [7, 11) is 0. The van der Waals surface area contributed by atoms with Crippen molar-refractivity contribution in [1.29, 1.82) is 0 Å². The molecule has 0 fully saturated rings. The Kier molecular flexibility index (Phi) is 4.27. The molecule has 118 valence electrons. The quantitative estimate of drug-likeness (QED) is 0.881. The van der Waals surface area contributed by atoms with Crippen molar-refractivity contribution in [1.82, 2.24) is 4.57 Å². The van der Waals surface area contributed by atoms with Crippen LogP contribution in [0.5, 0.6) is 0 Å². The summed E-state index contributed by atoms with van der Waals surface area (Å²) in [6.45, 7) is 2.57. The molecule has 0 aliphatic carbocycles. The van der Waals surface area contributed by atoms with Gasteiger partial charge >= 0.3 is 11.9 Å². The second-order valence-electron chi connectivity index (χ2n) is 4.81. The smallest absolute Gasteiger partial charge is 0.379 e. The number of nitrogens with two attached hydrogens (primary N) is 1. The topological polar surface area (TPSA) is 74.3 Å². The third kappa shape index (κ3) is 2.59. The van der Waals surface area contributed by atoms with Gasteiger partial charge in [0.2, 0.25) is 5.91 Å². The van der Waals surface area contributed by atoms with Crippen molar-refractivity contribution in [2.45, 2.75) is 25.8 Å². The molecule has 0 amide bonds. The largest absolute Gasteiger partial charge is 0.462 e. The summed E-state index contributed by atoms with van der Waals surface area (Å²) in [5, 5.41) is 0.397. The summed E-state index contributed by atoms with van der Waals surface area (Å²) in [4.78, 5) is 23.1. The van der Waals surface area contributed by atoms with E-state index in [-0.39, 0.29) is 18.1 Å². The van der Waals surface area contributed by atoms with E-state index in [0.717, 1.165) is 0 Å². The van der Waals surface area contributed by atoms with Crippen LogP contribution in [0.3, 0.4) is 0 Å². The first kappa shape index (κ1) is 16.1. The predicted octanol–water partition coefficient (Wildman–Crippen LogP) is 2.50. The van der Waals surface area contributed by atoms with E-state index >= 15 is 0 Å². The Morgan fingerprint density at radius 1 is 1.36 bits per heavy atom. The predicted molar refractivity (Wildman–Crippen MR) is 76.7 cm³/mol. The van der Waals surface area contributed by atoms with Crippen LogP contribution in [0.1, 0.15) is 30.2 Å². The molecule has 1 atom stereocenters. The zero-order valence-corrected chi connectivity index (χ0v) is 12.2. The Labute approximate surface area is 125 Å².